The van der Waals surface area contributed by atoms with E-state index in [0.717, 1.165) is 19.2 Å². The Morgan fingerprint density at radius 2 is 2.23 bits per heavy atom. The highest BCUT2D eigenvalue weighted by Crippen LogP contribution is 2.44. The second-order valence-corrected chi connectivity index (χ2v) is 6.38. The zero-order valence-electron chi connectivity index (χ0n) is 40.2. The summed E-state index contributed by atoms with van der Waals surface area (Å²) < 4.78 is 216. The van der Waals surface area contributed by atoms with E-state index in [2.05, 4.69) is 0 Å². The number of carbonyl (C=O) groups is 1. The van der Waals surface area contributed by atoms with E-state index in [1.165, 1.54) is 0 Å². The summed E-state index contributed by atoms with van der Waals surface area (Å²) in [7, 11) is -2.10. The largest absolute Gasteiger partial charge is 0.493 e. The molecular formula is C24H38N2O4. The van der Waals surface area contributed by atoms with Crippen molar-refractivity contribution in [2.24, 2.45) is 23.4 Å². The minimum Gasteiger partial charge on any atom is -0.493 e. The molecule has 0 aromatic heterocycles. The fourth-order valence-electron chi connectivity index (χ4n) is 2.96. The van der Waals surface area contributed by atoms with E-state index >= 15 is 0 Å². The molecule has 3 rings (SSSR count). The molecule has 1 fully saturated rings. The lowest BCUT2D eigenvalue weighted by Gasteiger charge is -2.47. The highest BCUT2D eigenvalue weighted by molar-refractivity contribution is 5.76. The highest BCUT2D eigenvalue weighted by Gasteiger charge is 2.41. The molecule has 0 aliphatic carbocycles. The molecule has 30 heavy (non-hydrogen) atoms. The van der Waals surface area contributed by atoms with Crippen LogP contribution in [0.2, 0.25) is 0 Å². The molecule has 1 saturated heterocycles. The average molecular weight is 443 g/mol. The van der Waals surface area contributed by atoms with Crippen LogP contribution in [0.4, 0.5) is 0 Å². The third-order valence-corrected chi connectivity index (χ3v) is 4.33. The number of esters is 1. The van der Waals surface area contributed by atoms with Gasteiger partial charge in [-0.25, -0.2) is 0 Å². The van der Waals surface area contributed by atoms with E-state index in [0.29, 0.717) is 6.92 Å². The number of nitrogens with two attached hydrogens (primary N) is 1. The SMILES string of the molecule is [2H]C([2H])([2H])Oc1cc2c(cc1OC)C1([2H])N(CC2)C([2H])([2H])C([2H])(C([2H])([2H])C([2H])(C)C([2H])([2H])[2H])C([2H])(OC(=O)[C@@]([2H])(N)C([2H])(C([2H])([2H])[2H])C([2H])([2H])[2H])C1([2H])[2H]. The predicted molar refractivity (Wildman–Crippen MR) is 118 cm³/mol. The van der Waals surface area contributed by atoms with E-state index in [9.17, 15) is 14.4 Å². The summed E-state index contributed by atoms with van der Waals surface area (Å²) >= 11 is 0. The van der Waals surface area contributed by atoms with E-state index in [4.69, 9.17) is 43.2 Å². The molecule has 5 atom stereocenters. The third kappa shape index (κ3) is 4.75. The molecule has 6 heteroatoms. The van der Waals surface area contributed by atoms with Crippen molar-refractivity contribution in [3.8, 4) is 11.5 Å². The summed E-state index contributed by atoms with van der Waals surface area (Å²) in [6.45, 7) is -16.9. The van der Waals surface area contributed by atoms with Crippen molar-refractivity contribution in [1.82, 2.24) is 4.90 Å². The molecular weight excluding hydrogens is 380 g/mol. The number of hydrogen-bond donors (Lipinski definition) is 1. The molecule has 168 valence electrons. The van der Waals surface area contributed by atoms with Gasteiger partial charge in [-0.3, -0.25) is 9.69 Å². The van der Waals surface area contributed by atoms with E-state index in [1.54, 1.807) is 0 Å². The van der Waals surface area contributed by atoms with Gasteiger partial charge in [0.05, 0.1) is 22.4 Å². The zero-order valence-corrected chi connectivity index (χ0v) is 16.2. The molecule has 1 aromatic carbocycles. The standard InChI is InChI=1S/C24H38N2O4/c1-14(2)9-17-13-26-8-7-16-10-21(28-5)22(29-6)11-18(16)19(26)12-20(17)30-24(27)23(25)15(3)4/h10-11,14-15,17,19-20,23H,7-9,12-13,25H2,1-6H3/t17?,19?,20?,23-/m0/s1/i1D3,3D3,4D3,5D3,9D2,12D2,13D2,14D,15D,17D,19D,20D,23D/t14?,17?,19?,20?,23-. The van der Waals surface area contributed by atoms with Crippen molar-refractivity contribution in [3.05, 3.63) is 23.3 Å². The Hall–Kier alpha value is -1.79. The second-order valence-electron chi connectivity index (χ2n) is 6.38. The molecule has 2 N–H and O–H groups in total. The summed E-state index contributed by atoms with van der Waals surface area (Å²) in [5, 5.41) is 0. The smallest absolute Gasteiger partial charge is 0.323 e. The molecule has 0 spiro atoms. The molecule has 0 saturated carbocycles. The van der Waals surface area contributed by atoms with Crippen molar-refractivity contribution in [2.75, 3.05) is 27.2 Å². The topological polar surface area (TPSA) is 74.0 Å². The van der Waals surface area contributed by atoms with Crippen molar-refractivity contribution >= 4 is 5.97 Å². The molecule has 6 nitrogen and oxygen atoms in total. The normalized spacial score (nSPS) is 52.9. The van der Waals surface area contributed by atoms with Crippen LogP contribution < -0.4 is 15.2 Å². The van der Waals surface area contributed by atoms with Crippen molar-refractivity contribution < 1.29 is 51.9 Å². The molecule has 2 aliphatic heterocycles. The zero-order chi connectivity index (χ0) is 42.9. The minimum absolute atomic E-state index is 0.184. The summed E-state index contributed by atoms with van der Waals surface area (Å²) in [5.41, 5.74) is 4.73. The van der Waals surface area contributed by atoms with Crippen molar-refractivity contribution in [3.63, 3.8) is 0 Å². The number of nitrogens with zero attached hydrogens (tertiary/aromatic N) is 1. The lowest BCUT2D eigenvalue weighted by Crippen LogP contribution is -2.51. The number of rotatable bonds is 7. The molecule has 0 bridgehead atoms. The number of benzene rings is 1. The lowest BCUT2D eigenvalue weighted by atomic mass is 9.79. The van der Waals surface area contributed by atoms with Crippen LogP contribution in [0, 0.1) is 17.7 Å². The number of fused-ring (bicyclic) bond motifs is 3. The van der Waals surface area contributed by atoms with Crippen LogP contribution in [-0.2, 0) is 16.0 Å². The van der Waals surface area contributed by atoms with Gasteiger partial charge in [0.2, 0.25) is 0 Å². The van der Waals surface area contributed by atoms with Crippen LogP contribution in [0.15, 0.2) is 12.1 Å². The monoisotopic (exact) mass is 442 g/mol. The second kappa shape index (κ2) is 9.56. The van der Waals surface area contributed by atoms with Crippen LogP contribution in [0.25, 0.3) is 0 Å². The van der Waals surface area contributed by atoms with Crippen molar-refractivity contribution in [2.45, 2.75) is 64.8 Å². The van der Waals surface area contributed by atoms with Crippen LogP contribution >= 0.6 is 0 Å². The summed E-state index contributed by atoms with van der Waals surface area (Å²) in [4.78, 5) is 14.1. The van der Waals surface area contributed by atoms with E-state index in [-0.39, 0.29) is 10.5 Å². The maximum atomic E-state index is 13.9. The molecule has 2 aliphatic rings. The van der Waals surface area contributed by atoms with Gasteiger partial charge in [-0.2, -0.15) is 0 Å². The van der Waals surface area contributed by atoms with Crippen LogP contribution in [0.1, 0.15) is 90.3 Å². The molecule has 0 amide bonds. The first kappa shape index (κ1) is 7.11. The van der Waals surface area contributed by atoms with Gasteiger partial charge < -0.3 is 19.9 Å². The quantitative estimate of drug-likeness (QED) is 0.651. The Morgan fingerprint density at radius 3 is 2.93 bits per heavy atom. The first-order valence-corrected chi connectivity index (χ1v) is 8.69. The number of carbonyl (C=O) groups excluding carboxylic acids is 1. The lowest BCUT2D eigenvalue weighted by molar-refractivity contribution is -0.160. The fourth-order valence-corrected chi connectivity index (χ4v) is 2.96. The predicted octanol–water partition coefficient (Wildman–Crippen LogP) is 3.56. The summed E-state index contributed by atoms with van der Waals surface area (Å²) in [5.74, 6) is -16.5. The van der Waals surface area contributed by atoms with Gasteiger partial charge in [-0.05, 0) is 47.8 Å². The van der Waals surface area contributed by atoms with Gasteiger partial charge in [0.25, 0.3) is 0 Å². The summed E-state index contributed by atoms with van der Waals surface area (Å²) in [6, 6.07) is -6.22. The van der Waals surface area contributed by atoms with Gasteiger partial charge in [0.15, 0.2) is 11.5 Å². The van der Waals surface area contributed by atoms with Crippen LogP contribution in [0.3, 0.4) is 0 Å². The fraction of sp³-hybridized carbons (Fsp3) is 0.708. The molecule has 4 unspecified atom stereocenters. The Kier molecular flexibility index (Phi) is 2.27. The maximum Gasteiger partial charge on any atom is 0.323 e. The van der Waals surface area contributed by atoms with Gasteiger partial charge in [-0.15, -0.1) is 0 Å². The summed E-state index contributed by atoms with van der Waals surface area (Å²) in [6.07, 6.45) is -13.9. The number of hydrogen-bond acceptors (Lipinski definition) is 6. The first-order chi connectivity index (χ1) is 23.5. The number of methoxy groups -OCH3 is 2. The Balaban J connectivity index is 2.59. The van der Waals surface area contributed by atoms with Gasteiger partial charge >= 0.3 is 5.97 Å². The number of piperidine rings is 1. The Bertz CT molecular complexity index is 1640. The van der Waals surface area contributed by atoms with E-state index in [1.807, 2.05) is 0 Å². The average Bonchev–Trinajstić information content (AvgIpc) is 2.96. The number of ether oxygens (including phenoxy) is 3. The van der Waals surface area contributed by atoms with Gasteiger partial charge in [0.1, 0.15) is 12.1 Å². The van der Waals surface area contributed by atoms with Crippen LogP contribution in [0.5, 0.6) is 11.5 Å². The Labute approximate surface area is 214 Å². The van der Waals surface area contributed by atoms with E-state index < -0.39 is 119 Å². The van der Waals surface area contributed by atoms with Gasteiger partial charge in [0, 0.05) is 56.0 Å². The highest BCUT2D eigenvalue weighted by atomic mass is 16.5. The minimum atomic E-state index is -4.78. The van der Waals surface area contributed by atoms with Crippen LogP contribution in [-0.4, -0.2) is 50.2 Å². The molecule has 2 heterocycles. The Morgan fingerprint density at radius 1 is 1.43 bits per heavy atom. The van der Waals surface area contributed by atoms with Crippen molar-refractivity contribution in [1.29, 1.82) is 0 Å². The molecule has 0 radical (unpaired) electrons. The molecule has 1 aromatic rings. The first-order valence-electron chi connectivity index (χ1n) is 20.7. The maximum absolute atomic E-state index is 13.9. The van der Waals surface area contributed by atoms with Gasteiger partial charge in [-0.1, -0.05) is 27.5 Å². The third-order valence-electron chi connectivity index (χ3n) is 4.33.